The minimum Gasteiger partial charge on any atom is -0.389 e. The van der Waals surface area contributed by atoms with Crippen molar-refractivity contribution in [3.63, 3.8) is 0 Å². The maximum absolute atomic E-state index is 11.0. The summed E-state index contributed by atoms with van der Waals surface area (Å²) in [6.45, 7) is 1.69. The fraction of sp³-hybridized carbons (Fsp3) is 0.167. The molecule has 1 aromatic carbocycles. The Morgan fingerprint density at radius 1 is 1.56 bits per heavy atom. The molecule has 5 nitrogen and oxygen atoms in total. The van der Waals surface area contributed by atoms with E-state index >= 15 is 0 Å². The van der Waals surface area contributed by atoms with Crippen LogP contribution < -0.4 is 5.73 Å². The van der Waals surface area contributed by atoms with E-state index in [2.05, 4.69) is 21.0 Å². The number of aromatic nitrogens is 2. The number of hydrogen-bond donors (Lipinski definition) is 2. The fourth-order valence-corrected chi connectivity index (χ4v) is 2.29. The molecule has 1 amide bonds. The zero-order valence-electron chi connectivity index (χ0n) is 9.67. The Labute approximate surface area is 112 Å². The van der Waals surface area contributed by atoms with E-state index in [1.807, 2.05) is 12.1 Å². The number of benzene rings is 1. The standard InChI is InChI=1S/C12H12BrN3O2/c1-7(17)10-3-2-9(4-11(10)13)16-6-8(5-15-16)12(14)18/h2-7,17H,1H3,(H2,14,18). The van der Waals surface area contributed by atoms with Gasteiger partial charge in [0.05, 0.1) is 23.6 Å². The number of aliphatic hydroxyl groups excluding tert-OH is 1. The van der Waals surface area contributed by atoms with E-state index in [1.54, 1.807) is 23.9 Å². The molecular weight excluding hydrogens is 298 g/mol. The molecule has 1 unspecified atom stereocenters. The molecule has 0 aliphatic rings. The van der Waals surface area contributed by atoms with Crippen molar-refractivity contribution in [1.82, 2.24) is 9.78 Å². The molecule has 2 rings (SSSR count). The Morgan fingerprint density at radius 2 is 2.28 bits per heavy atom. The molecule has 3 N–H and O–H groups in total. The van der Waals surface area contributed by atoms with Gasteiger partial charge < -0.3 is 10.8 Å². The molecule has 1 aromatic heterocycles. The first-order chi connectivity index (χ1) is 8.49. The van der Waals surface area contributed by atoms with Gasteiger partial charge in [0.25, 0.3) is 5.91 Å². The average Bonchev–Trinajstić information content (AvgIpc) is 2.77. The van der Waals surface area contributed by atoms with Crippen LogP contribution in [0.15, 0.2) is 35.1 Å². The molecule has 2 aromatic rings. The molecule has 0 saturated carbocycles. The van der Waals surface area contributed by atoms with Crippen molar-refractivity contribution in [1.29, 1.82) is 0 Å². The molecule has 0 bridgehead atoms. The van der Waals surface area contributed by atoms with Gasteiger partial charge in [-0.3, -0.25) is 4.79 Å². The van der Waals surface area contributed by atoms with Crippen molar-refractivity contribution in [3.8, 4) is 5.69 Å². The summed E-state index contributed by atoms with van der Waals surface area (Å²) in [5.41, 5.74) is 7.09. The molecular formula is C12H12BrN3O2. The highest BCUT2D eigenvalue weighted by Gasteiger charge is 2.09. The Bertz CT molecular complexity index is 593. The normalized spacial score (nSPS) is 12.4. The van der Waals surface area contributed by atoms with E-state index in [-0.39, 0.29) is 0 Å². The number of nitrogens with two attached hydrogens (primary N) is 1. The van der Waals surface area contributed by atoms with Gasteiger partial charge in [-0.1, -0.05) is 22.0 Å². The monoisotopic (exact) mass is 309 g/mol. The Kier molecular flexibility index (Phi) is 3.49. The van der Waals surface area contributed by atoms with Crippen LogP contribution in [0.3, 0.4) is 0 Å². The maximum atomic E-state index is 11.0. The number of carbonyl (C=O) groups excluding carboxylic acids is 1. The molecule has 1 atom stereocenters. The topological polar surface area (TPSA) is 81.1 Å². The molecule has 0 spiro atoms. The number of aliphatic hydroxyl groups is 1. The summed E-state index contributed by atoms with van der Waals surface area (Å²) < 4.78 is 2.34. The number of amides is 1. The molecule has 0 aliphatic carbocycles. The van der Waals surface area contributed by atoms with Crippen LogP contribution in [0.5, 0.6) is 0 Å². The van der Waals surface area contributed by atoms with Crippen molar-refractivity contribution in [2.75, 3.05) is 0 Å². The van der Waals surface area contributed by atoms with Gasteiger partial charge >= 0.3 is 0 Å². The highest BCUT2D eigenvalue weighted by atomic mass is 79.9. The molecule has 0 aliphatic heterocycles. The van der Waals surface area contributed by atoms with Crippen LogP contribution in [0.4, 0.5) is 0 Å². The predicted molar refractivity (Wildman–Crippen MR) is 70.4 cm³/mol. The first-order valence-electron chi connectivity index (χ1n) is 5.31. The van der Waals surface area contributed by atoms with Crippen LogP contribution >= 0.6 is 15.9 Å². The van der Waals surface area contributed by atoms with Crippen molar-refractivity contribution >= 4 is 21.8 Å². The van der Waals surface area contributed by atoms with E-state index in [4.69, 9.17) is 5.73 Å². The molecule has 0 radical (unpaired) electrons. The molecule has 18 heavy (non-hydrogen) atoms. The molecule has 1 heterocycles. The quantitative estimate of drug-likeness (QED) is 0.907. The van der Waals surface area contributed by atoms with E-state index in [0.29, 0.717) is 5.56 Å². The number of rotatable bonds is 3. The van der Waals surface area contributed by atoms with Gasteiger partial charge in [0.1, 0.15) is 0 Å². The van der Waals surface area contributed by atoms with Gasteiger partial charge in [0.15, 0.2) is 0 Å². The smallest absolute Gasteiger partial charge is 0.251 e. The Morgan fingerprint density at radius 3 is 2.78 bits per heavy atom. The SMILES string of the molecule is CC(O)c1ccc(-n2cc(C(N)=O)cn2)cc1Br. The van der Waals surface area contributed by atoms with Crippen LogP contribution in [0.25, 0.3) is 5.69 Å². The summed E-state index contributed by atoms with van der Waals surface area (Å²) in [6, 6.07) is 5.43. The maximum Gasteiger partial charge on any atom is 0.251 e. The predicted octanol–water partition coefficient (Wildman–Crippen LogP) is 1.79. The lowest BCUT2D eigenvalue weighted by atomic mass is 10.1. The van der Waals surface area contributed by atoms with Crippen LogP contribution in [0.1, 0.15) is 28.9 Å². The van der Waals surface area contributed by atoms with Crippen LogP contribution in [0.2, 0.25) is 0 Å². The number of carbonyl (C=O) groups is 1. The van der Waals surface area contributed by atoms with Crippen LogP contribution in [-0.2, 0) is 0 Å². The summed E-state index contributed by atoms with van der Waals surface area (Å²) in [4.78, 5) is 11.0. The second-order valence-electron chi connectivity index (χ2n) is 3.92. The minimum absolute atomic E-state index is 0.353. The minimum atomic E-state index is -0.549. The lowest BCUT2D eigenvalue weighted by Crippen LogP contribution is -2.09. The van der Waals surface area contributed by atoms with Crippen LogP contribution in [-0.4, -0.2) is 20.8 Å². The third-order valence-corrected chi connectivity index (χ3v) is 3.25. The summed E-state index contributed by atoms with van der Waals surface area (Å²) in [6.07, 6.45) is 2.43. The molecule has 0 saturated heterocycles. The summed E-state index contributed by atoms with van der Waals surface area (Å²) >= 11 is 3.39. The largest absolute Gasteiger partial charge is 0.389 e. The van der Waals surface area contributed by atoms with Gasteiger partial charge in [-0.25, -0.2) is 4.68 Å². The summed E-state index contributed by atoms with van der Waals surface area (Å²) in [7, 11) is 0. The Hall–Kier alpha value is -1.66. The third-order valence-electron chi connectivity index (χ3n) is 2.57. The lowest BCUT2D eigenvalue weighted by molar-refractivity contribution is 0.100. The van der Waals surface area contributed by atoms with E-state index in [9.17, 15) is 9.90 Å². The number of nitrogens with zero attached hydrogens (tertiary/aromatic N) is 2. The van der Waals surface area contributed by atoms with Crippen molar-refractivity contribution in [2.24, 2.45) is 5.73 Å². The van der Waals surface area contributed by atoms with Gasteiger partial charge in [0, 0.05) is 10.7 Å². The molecule has 94 valence electrons. The first kappa shape index (κ1) is 12.8. The number of halogens is 1. The Balaban J connectivity index is 2.39. The fourth-order valence-electron chi connectivity index (χ4n) is 1.59. The van der Waals surface area contributed by atoms with Crippen LogP contribution in [0, 0.1) is 0 Å². The highest BCUT2D eigenvalue weighted by molar-refractivity contribution is 9.10. The van der Waals surface area contributed by atoms with E-state index in [1.165, 1.54) is 6.20 Å². The van der Waals surface area contributed by atoms with Gasteiger partial charge in [-0.05, 0) is 24.6 Å². The highest BCUT2D eigenvalue weighted by Crippen LogP contribution is 2.25. The average molecular weight is 310 g/mol. The van der Waals surface area contributed by atoms with Crippen molar-refractivity contribution < 1.29 is 9.90 Å². The second kappa shape index (κ2) is 4.91. The summed E-state index contributed by atoms with van der Waals surface area (Å²) in [5, 5.41) is 13.6. The van der Waals surface area contributed by atoms with Crippen molar-refractivity contribution in [2.45, 2.75) is 13.0 Å². The lowest BCUT2D eigenvalue weighted by Gasteiger charge is -2.09. The number of hydrogen-bond acceptors (Lipinski definition) is 3. The zero-order chi connectivity index (χ0) is 13.3. The van der Waals surface area contributed by atoms with Gasteiger partial charge in [-0.2, -0.15) is 5.10 Å². The van der Waals surface area contributed by atoms with E-state index < -0.39 is 12.0 Å². The van der Waals surface area contributed by atoms with E-state index in [0.717, 1.165) is 15.7 Å². The second-order valence-corrected chi connectivity index (χ2v) is 4.77. The van der Waals surface area contributed by atoms with Crippen molar-refractivity contribution in [3.05, 3.63) is 46.2 Å². The number of primary amides is 1. The molecule has 6 heteroatoms. The zero-order valence-corrected chi connectivity index (χ0v) is 11.3. The van der Waals surface area contributed by atoms with Gasteiger partial charge in [-0.15, -0.1) is 0 Å². The van der Waals surface area contributed by atoms with Gasteiger partial charge in [0.2, 0.25) is 0 Å². The summed E-state index contributed by atoms with van der Waals surface area (Å²) in [5.74, 6) is -0.513. The third kappa shape index (κ3) is 2.44. The molecule has 0 fully saturated rings. The first-order valence-corrected chi connectivity index (χ1v) is 6.10.